The van der Waals surface area contributed by atoms with Gasteiger partial charge in [-0.3, -0.25) is 4.79 Å². The van der Waals surface area contributed by atoms with Crippen LogP contribution in [0, 0.1) is 0 Å². The first-order valence-electron chi connectivity index (χ1n) is 7.41. The summed E-state index contributed by atoms with van der Waals surface area (Å²) in [5.41, 5.74) is 0.896. The van der Waals surface area contributed by atoms with Crippen LogP contribution in [0.15, 0.2) is 27.5 Å². The minimum Gasteiger partial charge on any atom is -0.350 e. The Labute approximate surface area is 131 Å². The van der Waals surface area contributed by atoms with Crippen molar-refractivity contribution in [3.8, 4) is 0 Å². The monoisotopic (exact) mass is 323 g/mol. The molecule has 6 nitrogen and oxygen atoms in total. The van der Waals surface area contributed by atoms with Crippen molar-refractivity contribution in [2.45, 2.75) is 44.6 Å². The SMILES string of the molecule is CCCN1C=NS(=O)(=O)c2cc(C(=O)N[C@H](C)CC)ccc21. The predicted molar refractivity (Wildman–Crippen MR) is 87.0 cm³/mol. The molecule has 7 heteroatoms. The van der Waals surface area contributed by atoms with Gasteiger partial charge in [-0.15, -0.1) is 4.40 Å². The van der Waals surface area contributed by atoms with Crippen LogP contribution < -0.4 is 10.2 Å². The lowest BCUT2D eigenvalue weighted by Gasteiger charge is -2.25. The average molecular weight is 323 g/mol. The molecular weight excluding hydrogens is 302 g/mol. The third-order valence-corrected chi connectivity index (χ3v) is 4.84. The molecule has 1 aliphatic rings. The smallest absolute Gasteiger partial charge is 0.285 e. The van der Waals surface area contributed by atoms with Gasteiger partial charge < -0.3 is 10.2 Å². The van der Waals surface area contributed by atoms with Crippen LogP contribution in [0.2, 0.25) is 0 Å². The fraction of sp³-hybridized carbons (Fsp3) is 0.467. The Balaban J connectivity index is 2.39. The maximum absolute atomic E-state index is 12.2. The van der Waals surface area contributed by atoms with E-state index in [4.69, 9.17) is 0 Å². The van der Waals surface area contributed by atoms with Crippen LogP contribution in [0.4, 0.5) is 5.69 Å². The molecule has 1 heterocycles. The van der Waals surface area contributed by atoms with Gasteiger partial charge in [-0.25, -0.2) is 0 Å². The molecule has 1 atom stereocenters. The van der Waals surface area contributed by atoms with Crippen molar-refractivity contribution in [3.05, 3.63) is 23.8 Å². The Morgan fingerprint density at radius 1 is 1.36 bits per heavy atom. The minimum atomic E-state index is -3.74. The second kappa shape index (κ2) is 6.48. The minimum absolute atomic E-state index is 0.0368. The van der Waals surface area contributed by atoms with Crippen molar-refractivity contribution in [3.63, 3.8) is 0 Å². The summed E-state index contributed by atoms with van der Waals surface area (Å²) in [5.74, 6) is -0.274. The van der Waals surface area contributed by atoms with E-state index in [1.54, 1.807) is 17.0 Å². The van der Waals surface area contributed by atoms with Crippen LogP contribution in [0.1, 0.15) is 44.0 Å². The summed E-state index contributed by atoms with van der Waals surface area (Å²) in [6, 6.07) is 4.75. The van der Waals surface area contributed by atoms with Crippen molar-refractivity contribution in [1.29, 1.82) is 0 Å². The highest BCUT2D eigenvalue weighted by Crippen LogP contribution is 2.30. The number of anilines is 1. The molecular formula is C15H21N3O3S. The van der Waals surface area contributed by atoms with E-state index in [0.29, 0.717) is 17.8 Å². The molecule has 120 valence electrons. The molecule has 1 aromatic carbocycles. The van der Waals surface area contributed by atoms with Crippen LogP contribution >= 0.6 is 0 Å². The fourth-order valence-corrected chi connectivity index (χ4v) is 3.24. The standard InChI is InChI=1S/C15H21N3O3S/c1-4-8-18-10-16-22(20,21)14-9-12(6-7-13(14)18)15(19)17-11(3)5-2/h6-7,9-11H,4-5,8H2,1-3H3,(H,17,19)/t11-/m1/s1. The van der Waals surface area contributed by atoms with Gasteiger partial charge in [0.2, 0.25) is 0 Å². The molecule has 0 saturated carbocycles. The summed E-state index contributed by atoms with van der Waals surface area (Å²) in [6.07, 6.45) is 3.01. The maximum Gasteiger partial charge on any atom is 0.285 e. The number of fused-ring (bicyclic) bond motifs is 1. The number of carbonyl (C=O) groups excluding carboxylic acids is 1. The first-order chi connectivity index (χ1) is 10.4. The summed E-state index contributed by atoms with van der Waals surface area (Å²) in [7, 11) is -3.74. The quantitative estimate of drug-likeness (QED) is 0.900. The summed E-state index contributed by atoms with van der Waals surface area (Å²) in [5, 5.41) is 2.83. The molecule has 0 saturated heterocycles. The van der Waals surface area contributed by atoms with Crippen molar-refractivity contribution < 1.29 is 13.2 Å². The number of nitrogens with zero attached hydrogens (tertiary/aromatic N) is 2. The van der Waals surface area contributed by atoms with Crippen LogP contribution in [-0.4, -0.2) is 33.3 Å². The molecule has 0 aromatic heterocycles. The molecule has 1 aliphatic heterocycles. The normalized spacial score (nSPS) is 17.0. The van der Waals surface area contributed by atoms with Crippen LogP contribution in [0.25, 0.3) is 0 Å². The van der Waals surface area contributed by atoms with Gasteiger partial charge in [-0.05, 0) is 38.0 Å². The zero-order chi connectivity index (χ0) is 16.3. The van der Waals surface area contributed by atoms with Crippen LogP contribution in [-0.2, 0) is 10.0 Å². The number of nitrogens with one attached hydrogen (secondary N) is 1. The largest absolute Gasteiger partial charge is 0.350 e. The highest BCUT2D eigenvalue weighted by Gasteiger charge is 2.26. The van der Waals surface area contributed by atoms with E-state index in [0.717, 1.165) is 12.8 Å². The number of hydrogen-bond donors (Lipinski definition) is 1. The fourth-order valence-electron chi connectivity index (χ4n) is 2.17. The lowest BCUT2D eigenvalue weighted by atomic mass is 10.1. The lowest BCUT2D eigenvalue weighted by molar-refractivity contribution is 0.0939. The van der Waals surface area contributed by atoms with Gasteiger partial charge in [-0.1, -0.05) is 13.8 Å². The van der Waals surface area contributed by atoms with E-state index in [-0.39, 0.29) is 16.8 Å². The van der Waals surface area contributed by atoms with Gasteiger partial charge in [0.15, 0.2) is 0 Å². The molecule has 0 aliphatic carbocycles. The first kappa shape index (κ1) is 16.5. The Bertz CT molecular complexity index is 698. The Kier molecular flexibility index (Phi) is 4.85. The summed E-state index contributed by atoms with van der Waals surface area (Å²) in [4.78, 5) is 14.0. The lowest BCUT2D eigenvalue weighted by Crippen LogP contribution is -2.32. The molecule has 22 heavy (non-hydrogen) atoms. The van der Waals surface area contributed by atoms with E-state index >= 15 is 0 Å². The van der Waals surface area contributed by atoms with Crippen molar-refractivity contribution >= 4 is 28.0 Å². The maximum atomic E-state index is 12.2. The number of sulfonamides is 1. The van der Waals surface area contributed by atoms with Crippen LogP contribution in [0.5, 0.6) is 0 Å². The molecule has 0 fully saturated rings. The summed E-state index contributed by atoms with van der Waals surface area (Å²) in [6.45, 7) is 6.55. The third-order valence-electron chi connectivity index (χ3n) is 3.59. The Morgan fingerprint density at radius 3 is 2.73 bits per heavy atom. The molecule has 0 bridgehead atoms. The number of benzene rings is 1. The first-order valence-corrected chi connectivity index (χ1v) is 8.85. The molecule has 0 radical (unpaired) electrons. The highest BCUT2D eigenvalue weighted by molar-refractivity contribution is 7.90. The van der Waals surface area contributed by atoms with Crippen molar-refractivity contribution in [2.75, 3.05) is 11.4 Å². The molecule has 0 spiro atoms. The van der Waals surface area contributed by atoms with Crippen LogP contribution in [0.3, 0.4) is 0 Å². The molecule has 1 N–H and O–H groups in total. The molecule has 2 rings (SSSR count). The highest BCUT2D eigenvalue weighted by atomic mass is 32.2. The van der Waals surface area contributed by atoms with Crippen molar-refractivity contribution in [1.82, 2.24) is 5.32 Å². The Hall–Kier alpha value is -1.89. The number of amides is 1. The van der Waals surface area contributed by atoms with Gasteiger partial charge >= 0.3 is 0 Å². The van der Waals surface area contributed by atoms with Gasteiger partial charge in [0.05, 0.1) is 5.69 Å². The van der Waals surface area contributed by atoms with Crippen molar-refractivity contribution in [2.24, 2.45) is 4.40 Å². The zero-order valence-corrected chi connectivity index (χ0v) is 13.9. The summed E-state index contributed by atoms with van der Waals surface area (Å²) < 4.78 is 27.9. The molecule has 1 aromatic rings. The molecule has 0 unspecified atom stereocenters. The number of hydrogen-bond acceptors (Lipinski definition) is 4. The zero-order valence-electron chi connectivity index (χ0n) is 13.0. The van der Waals surface area contributed by atoms with E-state index in [1.165, 1.54) is 12.4 Å². The van der Waals surface area contributed by atoms with E-state index in [2.05, 4.69) is 9.71 Å². The van der Waals surface area contributed by atoms with E-state index in [9.17, 15) is 13.2 Å². The summed E-state index contributed by atoms with van der Waals surface area (Å²) >= 11 is 0. The number of rotatable bonds is 5. The number of carbonyl (C=O) groups is 1. The van der Waals surface area contributed by atoms with Gasteiger partial charge in [-0.2, -0.15) is 8.42 Å². The van der Waals surface area contributed by atoms with Gasteiger partial charge in [0, 0.05) is 18.2 Å². The van der Waals surface area contributed by atoms with E-state index < -0.39 is 10.0 Å². The van der Waals surface area contributed by atoms with Gasteiger partial charge in [0.25, 0.3) is 15.9 Å². The topological polar surface area (TPSA) is 78.8 Å². The van der Waals surface area contributed by atoms with E-state index in [1.807, 2.05) is 20.8 Å². The third kappa shape index (κ3) is 3.30. The van der Waals surface area contributed by atoms with Gasteiger partial charge in [0.1, 0.15) is 11.2 Å². The molecule has 1 amide bonds. The Morgan fingerprint density at radius 2 is 2.09 bits per heavy atom. The predicted octanol–water partition coefficient (Wildman–Crippen LogP) is 2.16. The second-order valence-corrected chi connectivity index (χ2v) is 6.96. The average Bonchev–Trinajstić information content (AvgIpc) is 2.50. The second-order valence-electron chi connectivity index (χ2n) is 5.35.